The third kappa shape index (κ3) is 4.82. The minimum absolute atomic E-state index is 0.345. The van der Waals surface area contributed by atoms with E-state index in [1.807, 2.05) is 20.8 Å². The highest BCUT2D eigenvalue weighted by molar-refractivity contribution is 6.35. The second-order valence-corrected chi connectivity index (χ2v) is 6.80. The molecule has 0 aromatic carbocycles. The average molecular weight is 326 g/mol. The summed E-state index contributed by atoms with van der Waals surface area (Å²) in [6, 6.07) is 0. The molecule has 23 heavy (non-hydrogen) atoms. The standard InChI is InChI=1S/C15H26N4O4/c1-15(2,3)23-14(22)19-7-5-16-4-6-17-8-9-18(10-11-19)13(21)12(17)20/h16H,4-11H2,1-3H3. The Morgan fingerprint density at radius 2 is 1.43 bits per heavy atom. The maximum absolute atomic E-state index is 12.3. The summed E-state index contributed by atoms with van der Waals surface area (Å²) in [5, 5.41) is 3.20. The van der Waals surface area contributed by atoms with E-state index < -0.39 is 23.5 Å². The highest BCUT2D eigenvalue weighted by Gasteiger charge is 2.33. The zero-order chi connectivity index (χ0) is 17.0. The minimum atomic E-state index is -0.564. The smallest absolute Gasteiger partial charge is 0.410 e. The summed E-state index contributed by atoms with van der Waals surface area (Å²) in [4.78, 5) is 41.1. The molecule has 3 aliphatic rings. The molecule has 0 spiro atoms. The number of carbonyl (C=O) groups excluding carboxylic acids is 3. The molecule has 3 heterocycles. The van der Waals surface area contributed by atoms with Gasteiger partial charge in [0.25, 0.3) is 0 Å². The van der Waals surface area contributed by atoms with Crippen LogP contribution in [0.5, 0.6) is 0 Å². The summed E-state index contributed by atoms with van der Waals surface area (Å²) in [5.74, 6) is -0.941. The van der Waals surface area contributed by atoms with Gasteiger partial charge in [0, 0.05) is 52.4 Å². The number of nitrogens with one attached hydrogen (secondary N) is 1. The van der Waals surface area contributed by atoms with Gasteiger partial charge >= 0.3 is 17.9 Å². The number of ether oxygens (including phenoxy) is 1. The Hall–Kier alpha value is -1.83. The van der Waals surface area contributed by atoms with E-state index in [9.17, 15) is 14.4 Å². The van der Waals surface area contributed by atoms with Crippen LogP contribution in [0.4, 0.5) is 4.79 Å². The topological polar surface area (TPSA) is 82.2 Å². The van der Waals surface area contributed by atoms with Gasteiger partial charge in [0.15, 0.2) is 0 Å². The molecule has 8 nitrogen and oxygen atoms in total. The van der Waals surface area contributed by atoms with E-state index in [2.05, 4.69) is 5.32 Å². The van der Waals surface area contributed by atoms with E-state index >= 15 is 0 Å². The molecule has 0 unspecified atom stereocenters. The summed E-state index contributed by atoms with van der Waals surface area (Å²) >= 11 is 0. The summed E-state index contributed by atoms with van der Waals surface area (Å²) in [5.41, 5.74) is -0.564. The number of fused-ring (bicyclic) bond motifs is 9. The summed E-state index contributed by atoms with van der Waals surface area (Å²) < 4.78 is 5.41. The van der Waals surface area contributed by atoms with Gasteiger partial charge in [-0.2, -0.15) is 0 Å². The maximum Gasteiger partial charge on any atom is 0.410 e. The third-order valence-electron chi connectivity index (χ3n) is 3.81. The molecule has 0 aliphatic carbocycles. The summed E-state index contributed by atoms with van der Waals surface area (Å²) in [6.07, 6.45) is -0.395. The van der Waals surface area contributed by atoms with Crippen molar-refractivity contribution >= 4 is 17.9 Å². The van der Waals surface area contributed by atoms with E-state index in [1.165, 1.54) is 4.90 Å². The van der Waals surface area contributed by atoms with Crippen molar-refractivity contribution in [3.8, 4) is 0 Å². The minimum Gasteiger partial charge on any atom is -0.444 e. The Morgan fingerprint density at radius 3 is 2.04 bits per heavy atom. The molecule has 0 saturated carbocycles. The van der Waals surface area contributed by atoms with Crippen LogP contribution in [0.1, 0.15) is 20.8 Å². The van der Waals surface area contributed by atoms with Gasteiger partial charge in [-0.05, 0) is 20.8 Å². The lowest BCUT2D eigenvalue weighted by molar-refractivity contribution is -0.156. The number of rotatable bonds is 0. The van der Waals surface area contributed by atoms with Gasteiger partial charge in [0.05, 0.1) is 0 Å². The fourth-order valence-electron chi connectivity index (χ4n) is 2.56. The fourth-order valence-corrected chi connectivity index (χ4v) is 2.56. The Balaban J connectivity index is 2.04. The second-order valence-electron chi connectivity index (χ2n) is 6.80. The van der Waals surface area contributed by atoms with Crippen LogP contribution < -0.4 is 5.32 Å². The molecule has 1 N–H and O–H groups in total. The molecule has 8 heteroatoms. The molecule has 3 amide bonds. The van der Waals surface area contributed by atoms with Crippen LogP contribution in [0.2, 0.25) is 0 Å². The van der Waals surface area contributed by atoms with Gasteiger partial charge in [-0.3, -0.25) is 9.59 Å². The monoisotopic (exact) mass is 326 g/mol. The second kappa shape index (κ2) is 7.16. The first kappa shape index (κ1) is 17.5. The van der Waals surface area contributed by atoms with Crippen LogP contribution >= 0.6 is 0 Å². The largest absolute Gasteiger partial charge is 0.444 e. The maximum atomic E-state index is 12.3. The van der Waals surface area contributed by atoms with Gasteiger partial charge in [0.1, 0.15) is 5.60 Å². The van der Waals surface area contributed by atoms with Crippen LogP contribution in [0.25, 0.3) is 0 Å². The molecular weight excluding hydrogens is 300 g/mol. The zero-order valence-electron chi connectivity index (χ0n) is 14.1. The lowest BCUT2D eigenvalue weighted by atomic mass is 10.2. The van der Waals surface area contributed by atoms with Crippen LogP contribution in [-0.4, -0.2) is 90.6 Å². The molecule has 0 atom stereocenters. The van der Waals surface area contributed by atoms with Gasteiger partial charge in [-0.15, -0.1) is 0 Å². The normalized spacial score (nSPS) is 21.1. The number of nitrogens with zero attached hydrogens (tertiary/aromatic N) is 3. The molecule has 2 bridgehead atoms. The number of carbonyl (C=O) groups is 3. The van der Waals surface area contributed by atoms with Gasteiger partial charge in [-0.1, -0.05) is 0 Å². The van der Waals surface area contributed by atoms with Gasteiger partial charge < -0.3 is 24.8 Å². The molecule has 0 aromatic heterocycles. The van der Waals surface area contributed by atoms with Crippen molar-refractivity contribution in [2.24, 2.45) is 0 Å². The van der Waals surface area contributed by atoms with Crippen molar-refractivity contribution in [2.75, 3.05) is 52.4 Å². The van der Waals surface area contributed by atoms with E-state index in [-0.39, 0.29) is 0 Å². The fraction of sp³-hybridized carbons (Fsp3) is 0.800. The number of hydrogen-bond donors (Lipinski definition) is 1. The average Bonchev–Trinajstić information content (AvgIpc) is 2.43. The molecule has 3 saturated heterocycles. The van der Waals surface area contributed by atoms with Gasteiger partial charge in [0.2, 0.25) is 0 Å². The van der Waals surface area contributed by atoms with Crippen molar-refractivity contribution in [3.63, 3.8) is 0 Å². The number of piperazine rings is 1. The van der Waals surface area contributed by atoms with Crippen molar-refractivity contribution in [3.05, 3.63) is 0 Å². The van der Waals surface area contributed by atoms with E-state index in [4.69, 9.17) is 4.74 Å². The van der Waals surface area contributed by atoms with E-state index in [0.29, 0.717) is 52.4 Å². The summed E-state index contributed by atoms with van der Waals surface area (Å²) in [7, 11) is 0. The first-order valence-electron chi connectivity index (χ1n) is 8.05. The zero-order valence-corrected chi connectivity index (χ0v) is 14.1. The van der Waals surface area contributed by atoms with E-state index in [0.717, 1.165) is 0 Å². The Morgan fingerprint density at radius 1 is 0.913 bits per heavy atom. The molecule has 130 valence electrons. The van der Waals surface area contributed by atoms with Crippen LogP contribution in [0.3, 0.4) is 0 Å². The van der Waals surface area contributed by atoms with Gasteiger partial charge in [-0.25, -0.2) is 4.79 Å². The van der Waals surface area contributed by atoms with Crippen molar-refractivity contribution in [1.29, 1.82) is 0 Å². The first-order chi connectivity index (χ1) is 10.8. The third-order valence-corrected chi connectivity index (χ3v) is 3.81. The Labute approximate surface area is 136 Å². The van der Waals surface area contributed by atoms with Crippen LogP contribution in [0, 0.1) is 0 Å². The SMILES string of the molecule is CC(C)(C)OC(=O)N1CCNCCN2CCN(CC1)C(=O)C2=O. The molecule has 0 aromatic rings. The molecule has 3 rings (SSSR count). The lowest BCUT2D eigenvalue weighted by Crippen LogP contribution is -2.57. The van der Waals surface area contributed by atoms with Crippen molar-refractivity contribution in [1.82, 2.24) is 20.0 Å². The van der Waals surface area contributed by atoms with Crippen LogP contribution in [0.15, 0.2) is 0 Å². The first-order valence-corrected chi connectivity index (χ1v) is 8.05. The predicted molar refractivity (Wildman–Crippen MR) is 83.8 cm³/mol. The summed E-state index contributed by atoms with van der Waals surface area (Å²) in [6.45, 7) is 9.44. The quantitative estimate of drug-likeness (QED) is 0.607. The number of amides is 3. The Bertz CT molecular complexity index is 473. The van der Waals surface area contributed by atoms with E-state index in [1.54, 1.807) is 9.80 Å². The van der Waals surface area contributed by atoms with Crippen LogP contribution in [-0.2, 0) is 14.3 Å². The predicted octanol–water partition coefficient (Wildman–Crippen LogP) is -0.502. The van der Waals surface area contributed by atoms with Crippen molar-refractivity contribution in [2.45, 2.75) is 26.4 Å². The Kier molecular flexibility index (Phi) is 5.46. The highest BCUT2D eigenvalue weighted by Crippen LogP contribution is 2.11. The molecule has 3 aliphatic heterocycles. The van der Waals surface area contributed by atoms with Crippen molar-refractivity contribution < 1.29 is 19.1 Å². The highest BCUT2D eigenvalue weighted by atomic mass is 16.6. The molecule has 3 fully saturated rings. The molecule has 0 radical (unpaired) electrons. The molecular formula is C15H26N4O4. The lowest BCUT2D eigenvalue weighted by Gasteiger charge is -2.36. The number of hydrogen-bond acceptors (Lipinski definition) is 5.